The Bertz CT molecular complexity index is 838. The molecule has 4 heteroatoms. The van der Waals surface area contributed by atoms with Crippen LogP contribution in [0.2, 0.25) is 5.15 Å². The van der Waals surface area contributed by atoms with E-state index in [1.54, 1.807) is 11.3 Å². The molecule has 1 aromatic carbocycles. The van der Waals surface area contributed by atoms with E-state index < -0.39 is 0 Å². The molecular weight excluding hydrogens is 300 g/mol. The van der Waals surface area contributed by atoms with E-state index in [0.717, 1.165) is 28.9 Å². The van der Waals surface area contributed by atoms with Gasteiger partial charge in [0.2, 0.25) is 0 Å². The zero-order valence-electron chi connectivity index (χ0n) is 11.8. The predicted octanol–water partition coefficient (Wildman–Crippen LogP) is 4.73. The molecule has 0 unspecified atom stereocenters. The van der Waals surface area contributed by atoms with E-state index in [2.05, 4.69) is 36.2 Å². The Kier molecular flexibility index (Phi) is 3.20. The van der Waals surface area contributed by atoms with Crippen LogP contribution in [0.4, 0.5) is 0 Å². The van der Waals surface area contributed by atoms with Crippen LogP contribution in [0.1, 0.15) is 33.8 Å². The van der Waals surface area contributed by atoms with Gasteiger partial charge in [-0.25, -0.2) is 9.97 Å². The molecular formula is C17H15ClN2S. The average molecular weight is 315 g/mol. The van der Waals surface area contributed by atoms with Crippen LogP contribution in [-0.2, 0) is 19.3 Å². The van der Waals surface area contributed by atoms with Crippen LogP contribution in [0.3, 0.4) is 0 Å². The van der Waals surface area contributed by atoms with Crippen LogP contribution in [0.25, 0.3) is 10.2 Å². The van der Waals surface area contributed by atoms with Gasteiger partial charge in [-0.3, -0.25) is 0 Å². The molecule has 1 aliphatic rings. The molecule has 2 nitrogen and oxygen atoms in total. The Labute approximate surface area is 132 Å². The number of thiophene rings is 1. The number of aromatic nitrogens is 2. The summed E-state index contributed by atoms with van der Waals surface area (Å²) in [6.45, 7) is 2.12. The summed E-state index contributed by atoms with van der Waals surface area (Å²) in [7, 11) is 0. The molecule has 2 heterocycles. The third-order valence-corrected chi connectivity index (χ3v) is 5.64. The summed E-state index contributed by atoms with van der Waals surface area (Å²) in [5, 5.41) is 1.73. The molecule has 0 N–H and O–H groups in total. The van der Waals surface area contributed by atoms with Gasteiger partial charge in [0.05, 0.1) is 5.39 Å². The lowest BCUT2D eigenvalue weighted by Gasteiger charge is -2.05. The topological polar surface area (TPSA) is 25.8 Å². The maximum Gasteiger partial charge on any atom is 0.141 e. The van der Waals surface area contributed by atoms with E-state index in [1.807, 2.05) is 0 Å². The summed E-state index contributed by atoms with van der Waals surface area (Å²) in [5.74, 6) is 0.821. The second kappa shape index (κ2) is 5.08. The Morgan fingerprint density at radius 2 is 2.05 bits per heavy atom. The van der Waals surface area contributed by atoms with Crippen molar-refractivity contribution in [2.75, 3.05) is 0 Å². The molecule has 0 radical (unpaired) electrons. The molecule has 0 saturated carbocycles. The third kappa shape index (κ3) is 2.25. The van der Waals surface area contributed by atoms with Gasteiger partial charge in [-0.2, -0.15) is 0 Å². The Morgan fingerprint density at radius 3 is 2.90 bits per heavy atom. The molecule has 21 heavy (non-hydrogen) atoms. The molecule has 0 amide bonds. The van der Waals surface area contributed by atoms with Gasteiger partial charge in [-0.05, 0) is 42.9 Å². The fourth-order valence-electron chi connectivity index (χ4n) is 3.05. The van der Waals surface area contributed by atoms with Crippen molar-refractivity contribution < 1.29 is 0 Å². The number of rotatable bonds is 2. The van der Waals surface area contributed by atoms with Crippen LogP contribution < -0.4 is 0 Å². The van der Waals surface area contributed by atoms with E-state index in [1.165, 1.54) is 34.4 Å². The predicted molar refractivity (Wildman–Crippen MR) is 88.4 cm³/mol. The Hall–Kier alpha value is -1.45. The van der Waals surface area contributed by atoms with Crippen LogP contribution in [-0.4, -0.2) is 9.97 Å². The van der Waals surface area contributed by atoms with E-state index in [9.17, 15) is 0 Å². The molecule has 1 aliphatic carbocycles. The van der Waals surface area contributed by atoms with Crippen LogP contribution >= 0.6 is 22.9 Å². The summed E-state index contributed by atoms with van der Waals surface area (Å²) in [6.07, 6.45) is 4.26. The highest BCUT2D eigenvalue weighted by Gasteiger charge is 2.21. The summed E-state index contributed by atoms with van der Waals surface area (Å²) in [4.78, 5) is 11.8. The molecule has 0 atom stereocenters. The first-order chi connectivity index (χ1) is 10.2. The van der Waals surface area contributed by atoms with E-state index in [-0.39, 0.29) is 0 Å². The molecule has 0 bridgehead atoms. The first-order valence-corrected chi connectivity index (χ1v) is 8.43. The van der Waals surface area contributed by atoms with E-state index in [4.69, 9.17) is 16.6 Å². The minimum Gasteiger partial charge on any atom is -0.222 e. The molecule has 0 aliphatic heterocycles. The SMILES string of the molecule is Cc1ccccc1Cc1nc(Cl)c2c3c(sc2n1)CCC3. The van der Waals surface area contributed by atoms with Crippen molar-refractivity contribution in [3.63, 3.8) is 0 Å². The van der Waals surface area contributed by atoms with Crippen LogP contribution in [0.15, 0.2) is 24.3 Å². The molecule has 0 fully saturated rings. The van der Waals surface area contributed by atoms with E-state index in [0.29, 0.717) is 5.15 Å². The minimum atomic E-state index is 0.628. The number of aryl methyl sites for hydroxylation is 3. The smallest absolute Gasteiger partial charge is 0.141 e. The summed E-state index contributed by atoms with van der Waals surface area (Å²) in [6, 6.07) is 8.36. The van der Waals surface area contributed by atoms with Crippen molar-refractivity contribution in [2.45, 2.75) is 32.6 Å². The van der Waals surface area contributed by atoms with Crippen LogP contribution in [0.5, 0.6) is 0 Å². The van der Waals surface area contributed by atoms with Crippen molar-refractivity contribution in [3.05, 3.63) is 56.8 Å². The summed E-state index contributed by atoms with van der Waals surface area (Å²) >= 11 is 8.24. The van der Waals surface area contributed by atoms with Gasteiger partial charge in [0.15, 0.2) is 0 Å². The van der Waals surface area contributed by atoms with Gasteiger partial charge in [-0.15, -0.1) is 11.3 Å². The molecule has 4 rings (SSSR count). The average Bonchev–Trinajstić information content (AvgIpc) is 3.01. The second-order valence-electron chi connectivity index (χ2n) is 5.57. The van der Waals surface area contributed by atoms with Crippen molar-refractivity contribution in [1.82, 2.24) is 9.97 Å². The third-order valence-electron chi connectivity index (χ3n) is 4.18. The minimum absolute atomic E-state index is 0.628. The van der Waals surface area contributed by atoms with Gasteiger partial charge >= 0.3 is 0 Å². The van der Waals surface area contributed by atoms with Gasteiger partial charge < -0.3 is 0 Å². The first-order valence-electron chi connectivity index (χ1n) is 7.23. The number of hydrogen-bond acceptors (Lipinski definition) is 3. The maximum absolute atomic E-state index is 6.45. The maximum atomic E-state index is 6.45. The Balaban J connectivity index is 1.79. The Morgan fingerprint density at radius 1 is 1.19 bits per heavy atom. The monoisotopic (exact) mass is 314 g/mol. The lowest BCUT2D eigenvalue weighted by Crippen LogP contribution is -1.99. The first kappa shape index (κ1) is 13.2. The highest BCUT2D eigenvalue weighted by molar-refractivity contribution is 7.19. The molecule has 2 aromatic heterocycles. The van der Waals surface area contributed by atoms with Crippen molar-refractivity contribution in [1.29, 1.82) is 0 Å². The molecule has 106 valence electrons. The number of fused-ring (bicyclic) bond motifs is 3. The lowest BCUT2D eigenvalue weighted by molar-refractivity contribution is 0.916. The molecule has 3 aromatic rings. The summed E-state index contributed by atoms with van der Waals surface area (Å²) < 4.78 is 0. The zero-order valence-corrected chi connectivity index (χ0v) is 13.4. The largest absolute Gasteiger partial charge is 0.222 e. The molecule has 0 spiro atoms. The number of nitrogens with zero attached hydrogens (tertiary/aromatic N) is 2. The van der Waals surface area contributed by atoms with Gasteiger partial charge in [0, 0.05) is 11.3 Å². The highest BCUT2D eigenvalue weighted by Crippen LogP contribution is 2.39. The fraction of sp³-hybridized carbons (Fsp3) is 0.294. The zero-order chi connectivity index (χ0) is 14.4. The number of halogens is 1. The van der Waals surface area contributed by atoms with E-state index >= 15 is 0 Å². The lowest BCUT2D eigenvalue weighted by atomic mass is 10.1. The highest BCUT2D eigenvalue weighted by atomic mass is 35.5. The fourth-order valence-corrected chi connectivity index (χ4v) is 4.69. The van der Waals surface area contributed by atoms with Gasteiger partial charge in [-0.1, -0.05) is 35.9 Å². The quantitative estimate of drug-likeness (QED) is 0.639. The van der Waals surface area contributed by atoms with Crippen molar-refractivity contribution in [3.8, 4) is 0 Å². The number of benzene rings is 1. The van der Waals surface area contributed by atoms with Gasteiger partial charge in [0.1, 0.15) is 15.8 Å². The normalized spacial score (nSPS) is 13.8. The second-order valence-corrected chi connectivity index (χ2v) is 7.01. The summed E-state index contributed by atoms with van der Waals surface area (Å²) in [5.41, 5.74) is 3.92. The number of hydrogen-bond donors (Lipinski definition) is 0. The van der Waals surface area contributed by atoms with Crippen LogP contribution in [0, 0.1) is 6.92 Å². The van der Waals surface area contributed by atoms with Crippen molar-refractivity contribution >= 4 is 33.2 Å². The van der Waals surface area contributed by atoms with Gasteiger partial charge in [0.25, 0.3) is 0 Å². The molecule has 0 saturated heterocycles. The standard InChI is InChI=1S/C17H15ClN2S/c1-10-5-2-3-6-11(10)9-14-19-16(18)15-12-7-4-8-13(12)21-17(15)20-14/h2-3,5-6H,4,7-9H2,1H3. The van der Waals surface area contributed by atoms with Crippen molar-refractivity contribution in [2.24, 2.45) is 0 Å².